The van der Waals surface area contributed by atoms with Gasteiger partial charge in [-0.2, -0.15) is 0 Å². The van der Waals surface area contributed by atoms with Crippen molar-refractivity contribution in [2.45, 2.75) is 26.4 Å². The summed E-state index contributed by atoms with van der Waals surface area (Å²) in [6, 6.07) is 0. The molecule has 0 spiro atoms. The number of hydrogen-bond donors (Lipinski definition) is 2. The Balaban J connectivity index is 4.39. The molecule has 5 heteroatoms. The van der Waals surface area contributed by atoms with Crippen LogP contribution in [-0.4, -0.2) is 36.3 Å². The van der Waals surface area contributed by atoms with Crippen molar-refractivity contribution in [3.05, 3.63) is 24.3 Å². The Labute approximate surface area is 102 Å². The Bertz CT molecular complexity index is 338. The van der Waals surface area contributed by atoms with Gasteiger partial charge in [-0.25, -0.2) is 4.79 Å². The molecule has 0 unspecified atom stereocenters. The first kappa shape index (κ1) is 15.4. The maximum atomic E-state index is 11.4. The van der Waals surface area contributed by atoms with Crippen LogP contribution in [0.3, 0.4) is 0 Å². The highest BCUT2D eigenvalue weighted by Gasteiger charge is 2.16. The van der Waals surface area contributed by atoms with Crippen LogP contribution in [0.2, 0.25) is 0 Å². The fourth-order valence-electron chi connectivity index (χ4n) is 0.830. The van der Waals surface area contributed by atoms with E-state index in [0.717, 1.165) is 0 Å². The number of carbonyl (C=O) groups excluding carboxylic acids is 1. The SMILES string of the molecule is C=C(/C=C\C(=NC)NC(=O)OC(C)(C)C)CO. The number of nitrogens with one attached hydrogen (secondary N) is 1. The van der Waals surface area contributed by atoms with Crippen LogP contribution in [0.25, 0.3) is 0 Å². The highest BCUT2D eigenvalue weighted by Crippen LogP contribution is 2.06. The first-order valence-corrected chi connectivity index (χ1v) is 5.22. The fraction of sp³-hybridized carbons (Fsp3) is 0.500. The fourth-order valence-corrected chi connectivity index (χ4v) is 0.830. The van der Waals surface area contributed by atoms with Gasteiger partial charge in [0.15, 0.2) is 0 Å². The van der Waals surface area contributed by atoms with Crippen molar-refractivity contribution in [1.29, 1.82) is 0 Å². The average Bonchev–Trinajstić information content (AvgIpc) is 2.20. The molecule has 0 saturated heterocycles. The molecular weight excluding hydrogens is 220 g/mol. The van der Waals surface area contributed by atoms with E-state index in [1.165, 1.54) is 0 Å². The molecule has 0 heterocycles. The van der Waals surface area contributed by atoms with E-state index in [-0.39, 0.29) is 6.61 Å². The van der Waals surface area contributed by atoms with Gasteiger partial charge in [0.1, 0.15) is 11.4 Å². The zero-order valence-corrected chi connectivity index (χ0v) is 10.8. The second kappa shape index (κ2) is 6.85. The molecule has 0 atom stereocenters. The second-order valence-corrected chi connectivity index (χ2v) is 4.39. The number of amidine groups is 1. The van der Waals surface area contributed by atoms with Crippen molar-refractivity contribution in [3.63, 3.8) is 0 Å². The highest BCUT2D eigenvalue weighted by atomic mass is 16.6. The third-order valence-electron chi connectivity index (χ3n) is 1.55. The van der Waals surface area contributed by atoms with Crippen LogP contribution in [0.1, 0.15) is 20.8 Å². The van der Waals surface area contributed by atoms with E-state index < -0.39 is 11.7 Å². The van der Waals surface area contributed by atoms with Gasteiger partial charge in [0, 0.05) is 7.05 Å². The van der Waals surface area contributed by atoms with E-state index in [1.54, 1.807) is 40.0 Å². The van der Waals surface area contributed by atoms with Gasteiger partial charge in [0.25, 0.3) is 0 Å². The molecule has 0 rings (SSSR count). The lowest BCUT2D eigenvalue weighted by Gasteiger charge is -2.19. The van der Waals surface area contributed by atoms with Crippen molar-refractivity contribution >= 4 is 11.9 Å². The highest BCUT2D eigenvalue weighted by molar-refractivity contribution is 6.02. The summed E-state index contributed by atoms with van der Waals surface area (Å²) >= 11 is 0. The minimum Gasteiger partial charge on any atom is -0.444 e. The maximum Gasteiger partial charge on any atom is 0.413 e. The van der Waals surface area contributed by atoms with E-state index in [0.29, 0.717) is 11.4 Å². The summed E-state index contributed by atoms with van der Waals surface area (Å²) in [5.41, 5.74) is -0.0291. The summed E-state index contributed by atoms with van der Waals surface area (Å²) in [5.74, 6) is 0.342. The third kappa shape index (κ3) is 8.21. The lowest BCUT2D eigenvalue weighted by Crippen LogP contribution is -2.35. The van der Waals surface area contributed by atoms with Crippen LogP contribution in [0, 0.1) is 0 Å². The molecule has 2 N–H and O–H groups in total. The minimum absolute atomic E-state index is 0.139. The van der Waals surface area contributed by atoms with Crippen molar-refractivity contribution < 1.29 is 14.6 Å². The topological polar surface area (TPSA) is 70.9 Å². The van der Waals surface area contributed by atoms with Crippen molar-refractivity contribution in [1.82, 2.24) is 5.32 Å². The number of amides is 1. The molecule has 17 heavy (non-hydrogen) atoms. The van der Waals surface area contributed by atoms with Crippen LogP contribution in [-0.2, 0) is 4.74 Å². The molecule has 0 bridgehead atoms. The van der Waals surface area contributed by atoms with Gasteiger partial charge in [-0.1, -0.05) is 12.7 Å². The Morgan fingerprint density at radius 2 is 2.06 bits per heavy atom. The molecule has 0 fully saturated rings. The Hall–Kier alpha value is -1.62. The van der Waals surface area contributed by atoms with E-state index >= 15 is 0 Å². The van der Waals surface area contributed by atoms with E-state index in [9.17, 15) is 4.79 Å². The predicted octanol–water partition coefficient (Wildman–Crippen LogP) is 1.64. The van der Waals surface area contributed by atoms with Crippen LogP contribution in [0.5, 0.6) is 0 Å². The molecule has 1 amide bonds. The number of nitrogens with zero attached hydrogens (tertiary/aromatic N) is 1. The summed E-state index contributed by atoms with van der Waals surface area (Å²) in [4.78, 5) is 15.3. The number of rotatable bonds is 3. The number of alkyl carbamates (subject to hydrolysis) is 1. The standard InChI is InChI=1S/C12H20N2O3/c1-9(8-15)6-7-10(13-5)14-11(16)17-12(2,3)4/h6-7,15H,1,8H2,2-5H3,(H,13,14,16)/b7-6-. The first-order chi connectivity index (χ1) is 7.78. The van der Waals surface area contributed by atoms with E-state index in [1.807, 2.05) is 0 Å². The molecule has 0 saturated carbocycles. The monoisotopic (exact) mass is 240 g/mol. The number of aliphatic hydroxyl groups is 1. The van der Waals surface area contributed by atoms with Crippen molar-refractivity contribution in [2.24, 2.45) is 4.99 Å². The number of ether oxygens (including phenoxy) is 1. The molecule has 0 aromatic heterocycles. The quantitative estimate of drug-likeness (QED) is 0.447. The maximum absolute atomic E-state index is 11.4. The van der Waals surface area contributed by atoms with Crippen molar-refractivity contribution in [3.8, 4) is 0 Å². The number of hydrogen-bond acceptors (Lipinski definition) is 4. The smallest absolute Gasteiger partial charge is 0.413 e. The van der Waals surface area contributed by atoms with Crippen LogP contribution >= 0.6 is 0 Å². The molecule has 5 nitrogen and oxygen atoms in total. The Morgan fingerprint density at radius 3 is 2.47 bits per heavy atom. The van der Waals surface area contributed by atoms with Gasteiger partial charge in [-0.3, -0.25) is 10.3 Å². The molecule has 0 aliphatic carbocycles. The lowest BCUT2D eigenvalue weighted by molar-refractivity contribution is 0.0563. The zero-order valence-electron chi connectivity index (χ0n) is 10.8. The number of carbonyl (C=O) groups is 1. The molecule has 0 radical (unpaired) electrons. The summed E-state index contributed by atoms with van der Waals surface area (Å²) in [5, 5.41) is 11.2. The Morgan fingerprint density at radius 1 is 1.47 bits per heavy atom. The zero-order chi connectivity index (χ0) is 13.5. The van der Waals surface area contributed by atoms with Crippen LogP contribution in [0.4, 0.5) is 4.79 Å². The average molecular weight is 240 g/mol. The van der Waals surface area contributed by atoms with E-state index in [2.05, 4.69) is 16.9 Å². The normalized spacial score (nSPS) is 12.6. The first-order valence-electron chi connectivity index (χ1n) is 5.22. The van der Waals surface area contributed by atoms with Gasteiger partial charge in [0.05, 0.1) is 6.61 Å². The van der Waals surface area contributed by atoms with Gasteiger partial charge in [0.2, 0.25) is 0 Å². The number of aliphatic hydroxyl groups excluding tert-OH is 1. The van der Waals surface area contributed by atoms with Crippen LogP contribution in [0.15, 0.2) is 29.3 Å². The van der Waals surface area contributed by atoms with Crippen LogP contribution < -0.4 is 5.32 Å². The molecule has 0 aliphatic rings. The number of aliphatic imine (C=N–C) groups is 1. The lowest BCUT2D eigenvalue weighted by atomic mass is 10.2. The van der Waals surface area contributed by atoms with E-state index in [4.69, 9.17) is 9.84 Å². The molecule has 0 aromatic carbocycles. The van der Waals surface area contributed by atoms with Gasteiger partial charge < -0.3 is 9.84 Å². The second-order valence-electron chi connectivity index (χ2n) is 4.39. The van der Waals surface area contributed by atoms with Gasteiger partial charge in [-0.05, 0) is 32.4 Å². The van der Waals surface area contributed by atoms with Gasteiger partial charge in [-0.15, -0.1) is 0 Å². The summed E-state index contributed by atoms with van der Waals surface area (Å²) in [6.07, 6.45) is 2.54. The molecular formula is C12H20N2O3. The summed E-state index contributed by atoms with van der Waals surface area (Å²) in [7, 11) is 1.54. The largest absolute Gasteiger partial charge is 0.444 e. The molecule has 96 valence electrons. The minimum atomic E-state index is -0.572. The van der Waals surface area contributed by atoms with Crippen molar-refractivity contribution in [2.75, 3.05) is 13.7 Å². The summed E-state index contributed by atoms with van der Waals surface area (Å²) in [6.45, 7) is 8.77. The third-order valence-corrected chi connectivity index (χ3v) is 1.55. The van der Waals surface area contributed by atoms with Gasteiger partial charge >= 0.3 is 6.09 Å². The molecule has 0 aromatic rings. The Kier molecular flexibility index (Phi) is 6.20. The predicted molar refractivity (Wildman–Crippen MR) is 68.1 cm³/mol. The summed E-state index contributed by atoms with van der Waals surface area (Å²) < 4.78 is 5.07. The molecule has 0 aliphatic heterocycles.